The quantitative estimate of drug-likeness (QED) is 0.634. The van der Waals surface area contributed by atoms with E-state index in [9.17, 15) is 4.79 Å². The van der Waals surface area contributed by atoms with Crippen molar-refractivity contribution in [1.82, 2.24) is 0 Å². The molecule has 0 radical (unpaired) electrons. The number of amides is 1. The fourth-order valence-electron chi connectivity index (χ4n) is 3.42. The zero-order chi connectivity index (χ0) is 19.5. The first-order valence-corrected chi connectivity index (χ1v) is 9.14. The van der Waals surface area contributed by atoms with Crippen molar-refractivity contribution in [2.75, 3.05) is 12.0 Å². The largest absolute Gasteiger partial charge is 0.497 e. The Morgan fingerprint density at radius 2 is 1.46 bits per heavy atom. The molecule has 4 rings (SSSR count). The first-order valence-electron chi connectivity index (χ1n) is 9.14. The third kappa shape index (κ3) is 3.25. The molecule has 0 fully saturated rings. The van der Waals surface area contributed by atoms with Gasteiger partial charge in [0.2, 0.25) is 6.23 Å². The second kappa shape index (κ2) is 7.61. The van der Waals surface area contributed by atoms with Gasteiger partial charge in [0, 0.05) is 11.3 Å². The Balaban J connectivity index is 1.84. The lowest BCUT2D eigenvalue weighted by molar-refractivity contribution is -0.117. The highest BCUT2D eigenvalue weighted by Crippen LogP contribution is 2.39. The molecule has 0 saturated heterocycles. The standard InChI is InChI=1S/C24H21NO3/c1-17-22(18-9-5-3-6-10-18)23(26)25(20-13-15-21(27-2)16-14-20)24(28-17)19-11-7-4-8-12-19/h3-16,24H,1-2H3/t24-/m0/s1. The lowest BCUT2D eigenvalue weighted by atomic mass is 10.00. The zero-order valence-electron chi connectivity index (χ0n) is 15.8. The summed E-state index contributed by atoms with van der Waals surface area (Å²) in [6, 6.07) is 26.8. The highest BCUT2D eigenvalue weighted by atomic mass is 16.5. The summed E-state index contributed by atoms with van der Waals surface area (Å²) in [5, 5.41) is 0. The molecule has 0 spiro atoms. The van der Waals surface area contributed by atoms with Crippen LogP contribution in [0.4, 0.5) is 5.69 Å². The van der Waals surface area contributed by atoms with Gasteiger partial charge >= 0.3 is 0 Å². The van der Waals surface area contributed by atoms with Crippen molar-refractivity contribution in [2.24, 2.45) is 0 Å². The second-order valence-electron chi connectivity index (χ2n) is 6.55. The average molecular weight is 371 g/mol. The van der Waals surface area contributed by atoms with Crippen molar-refractivity contribution in [1.29, 1.82) is 0 Å². The number of allylic oxidation sites excluding steroid dienone is 1. The fraction of sp³-hybridized carbons (Fsp3) is 0.125. The summed E-state index contributed by atoms with van der Waals surface area (Å²) in [4.78, 5) is 15.3. The lowest BCUT2D eigenvalue weighted by Crippen LogP contribution is -2.40. The lowest BCUT2D eigenvalue weighted by Gasteiger charge is -2.37. The Morgan fingerprint density at radius 1 is 0.857 bits per heavy atom. The molecule has 0 bridgehead atoms. The van der Waals surface area contributed by atoms with Gasteiger partial charge in [-0.2, -0.15) is 0 Å². The van der Waals surface area contributed by atoms with Crippen LogP contribution in [0.5, 0.6) is 5.75 Å². The van der Waals surface area contributed by atoms with Gasteiger partial charge in [-0.15, -0.1) is 0 Å². The van der Waals surface area contributed by atoms with Crippen LogP contribution in [0.15, 0.2) is 90.7 Å². The number of ether oxygens (including phenoxy) is 2. The number of methoxy groups -OCH3 is 1. The van der Waals surface area contributed by atoms with E-state index in [1.807, 2.05) is 91.9 Å². The third-order valence-electron chi connectivity index (χ3n) is 4.81. The maximum atomic E-state index is 13.6. The van der Waals surface area contributed by atoms with Gasteiger partial charge in [-0.05, 0) is 36.8 Å². The van der Waals surface area contributed by atoms with Gasteiger partial charge in [0.1, 0.15) is 11.5 Å². The van der Waals surface area contributed by atoms with Crippen LogP contribution in [0, 0.1) is 0 Å². The Kier molecular flexibility index (Phi) is 4.85. The minimum absolute atomic E-state index is 0.0889. The molecule has 1 atom stereocenters. The van der Waals surface area contributed by atoms with Crippen molar-refractivity contribution < 1.29 is 14.3 Å². The molecule has 4 nitrogen and oxygen atoms in total. The minimum atomic E-state index is -0.533. The SMILES string of the molecule is COc1ccc(N2C(=O)C(c3ccccc3)=C(C)O[C@H]2c2ccccc2)cc1. The van der Waals surface area contributed by atoms with Crippen LogP contribution in [0.1, 0.15) is 24.3 Å². The van der Waals surface area contributed by atoms with Gasteiger partial charge in [-0.25, -0.2) is 0 Å². The molecule has 3 aromatic carbocycles. The van der Waals surface area contributed by atoms with Crippen LogP contribution in [0.2, 0.25) is 0 Å². The van der Waals surface area contributed by atoms with Crippen LogP contribution in [0.25, 0.3) is 5.57 Å². The zero-order valence-corrected chi connectivity index (χ0v) is 15.8. The molecule has 0 saturated carbocycles. The Labute approximate surface area is 164 Å². The molecular weight excluding hydrogens is 350 g/mol. The molecule has 1 aliphatic heterocycles. The Morgan fingerprint density at radius 3 is 2.07 bits per heavy atom. The second-order valence-corrected chi connectivity index (χ2v) is 6.55. The van der Waals surface area contributed by atoms with Crippen LogP contribution in [0.3, 0.4) is 0 Å². The van der Waals surface area contributed by atoms with Gasteiger partial charge in [0.15, 0.2) is 0 Å². The predicted octanol–water partition coefficient (Wildman–Crippen LogP) is 5.19. The van der Waals surface area contributed by atoms with Crippen LogP contribution in [-0.4, -0.2) is 13.0 Å². The normalized spacial score (nSPS) is 16.7. The topological polar surface area (TPSA) is 38.8 Å². The van der Waals surface area contributed by atoms with Crippen molar-refractivity contribution in [2.45, 2.75) is 13.2 Å². The van der Waals surface area contributed by atoms with E-state index in [4.69, 9.17) is 9.47 Å². The van der Waals surface area contributed by atoms with Gasteiger partial charge in [0.25, 0.3) is 5.91 Å². The summed E-state index contributed by atoms with van der Waals surface area (Å²) in [7, 11) is 1.62. The molecule has 1 amide bonds. The van der Waals surface area contributed by atoms with Gasteiger partial charge in [0.05, 0.1) is 12.7 Å². The maximum Gasteiger partial charge on any atom is 0.265 e. The van der Waals surface area contributed by atoms with E-state index in [0.717, 1.165) is 22.6 Å². The van der Waals surface area contributed by atoms with Gasteiger partial charge < -0.3 is 9.47 Å². The molecule has 0 N–H and O–H groups in total. The summed E-state index contributed by atoms with van der Waals surface area (Å²) >= 11 is 0. The van der Waals surface area contributed by atoms with Crippen molar-refractivity contribution in [3.8, 4) is 5.75 Å². The molecule has 0 unspecified atom stereocenters. The van der Waals surface area contributed by atoms with Crippen molar-refractivity contribution in [3.05, 3.63) is 102 Å². The van der Waals surface area contributed by atoms with Crippen LogP contribution < -0.4 is 9.64 Å². The summed E-state index contributed by atoms with van der Waals surface area (Å²) in [5.41, 5.74) is 3.08. The Bertz CT molecular complexity index is 995. The summed E-state index contributed by atoms with van der Waals surface area (Å²) in [6.45, 7) is 1.85. The third-order valence-corrected chi connectivity index (χ3v) is 4.81. The smallest absolute Gasteiger partial charge is 0.265 e. The number of rotatable bonds is 4. The molecule has 0 aromatic heterocycles. The number of nitrogens with zero attached hydrogens (tertiary/aromatic N) is 1. The van der Waals surface area contributed by atoms with E-state index in [0.29, 0.717) is 11.3 Å². The summed E-state index contributed by atoms with van der Waals surface area (Å²) < 4.78 is 11.5. The van der Waals surface area contributed by atoms with Gasteiger partial charge in [-0.1, -0.05) is 60.7 Å². The number of hydrogen-bond acceptors (Lipinski definition) is 3. The molecule has 1 aliphatic rings. The van der Waals surface area contributed by atoms with E-state index in [-0.39, 0.29) is 5.91 Å². The van der Waals surface area contributed by atoms with Crippen LogP contribution >= 0.6 is 0 Å². The van der Waals surface area contributed by atoms with Crippen molar-refractivity contribution in [3.63, 3.8) is 0 Å². The molecular formula is C24H21NO3. The first kappa shape index (κ1) is 17.9. The number of hydrogen-bond donors (Lipinski definition) is 0. The maximum absolute atomic E-state index is 13.6. The summed E-state index contributed by atoms with van der Waals surface area (Å²) in [5.74, 6) is 1.27. The number of carbonyl (C=O) groups is 1. The molecule has 0 aliphatic carbocycles. The van der Waals surface area contributed by atoms with E-state index in [1.54, 1.807) is 12.0 Å². The molecule has 3 aromatic rings. The van der Waals surface area contributed by atoms with Crippen LogP contribution in [-0.2, 0) is 9.53 Å². The van der Waals surface area contributed by atoms with E-state index in [2.05, 4.69) is 0 Å². The van der Waals surface area contributed by atoms with E-state index in [1.165, 1.54) is 0 Å². The molecule has 140 valence electrons. The van der Waals surface area contributed by atoms with E-state index >= 15 is 0 Å². The fourth-order valence-corrected chi connectivity index (χ4v) is 3.42. The van der Waals surface area contributed by atoms with E-state index < -0.39 is 6.23 Å². The average Bonchev–Trinajstić information content (AvgIpc) is 2.75. The number of benzene rings is 3. The predicted molar refractivity (Wildman–Crippen MR) is 110 cm³/mol. The number of anilines is 1. The summed E-state index contributed by atoms with van der Waals surface area (Å²) in [6.07, 6.45) is -0.533. The highest BCUT2D eigenvalue weighted by molar-refractivity contribution is 6.27. The Hall–Kier alpha value is -3.53. The number of carbonyl (C=O) groups excluding carboxylic acids is 1. The highest BCUT2D eigenvalue weighted by Gasteiger charge is 2.37. The molecule has 1 heterocycles. The first-order chi connectivity index (χ1) is 13.7. The van der Waals surface area contributed by atoms with Crippen molar-refractivity contribution >= 4 is 17.2 Å². The van der Waals surface area contributed by atoms with Gasteiger partial charge in [-0.3, -0.25) is 9.69 Å². The molecule has 4 heteroatoms. The monoisotopic (exact) mass is 371 g/mol. The minimum Gasteiger partial charge on any atom is -0.497 e. The molecule has 28 heavy (non-hydrogen) atoms.